The summed E-state index contributed by atoms with van der Waals surface area (Å²) < 4.78 is 10.3. The van der Waals surface area contributed by atoms with Gasteiger partial charge in [-0.05, 0) is 35.4 Å². The van der Waals surface area contributed by atoms with E-state index in [1.54, 1.807) is 12.1 Å². The predicted octanol–water partition coefficient (Wildman–Crippen LogP) is 5.37. The summed E-state index contributed by atoms with van der Waals surface area (Å²) in [5.74, 6) is -0.263. The quantitative estimate of drug-likeness (QED) is 0.198. The molecular weight excluding hydrogens is 376 g/mol. The van der Waals surface area contributed by atoms with E-state index in [2.05, 4.69) is 49.4 Å². The van der Waals surface area contributed by atoms with E-state index in [-0.39, 0.29) is 24.2 Å². The van der Waals surface area contributed by atoms with Gasteiger partial charge in [-0.15, -0.1) is 0 Å². The van der Waals surface area contributed by atoms with E-state index in [0.29, 0.717) is 12.5 Å². The summed E-state index contributed by atoms with van der Waals surface area (Å²) in [6, 6.07) is 6.89. The van der Waals surface area contributed by atoms with Crippen molar-refractivity contribution in [3.8, 4) is 0 Å². The molecule has 7 heteroatoms. The first-order valence-electron chi connectivity index (χ1n) is 10.2. The van der Waals surface area contributed by atoms with Crippen molar-refractivity contribution in [2.75, 3.05) is 19.8 Å². The molecule has 1 aromatic carbocycles. The smallest absolute Gasteiger partial charge is 0.430 e. The van der Waals surface area contributed by atoms with Gasteiger partial charge < -0.3 is 9.47 Å². The molecular formula is C22H34O7. The number of carbonyl (C=O) groups is 2. The van der Waals surface area contributed by atoms with Crippen molar-refractivity contribution >= 4 is 12.1 Å². The van der Waals surface area contributed by atoms with Crippen molar-refractivity contribution in [1.29, 1.82) is 0 Å². The topological polar surface area (TPSA) is 80.3 Å². The Hall–Kier alpha value is -2.12. The van der Waals surface area contributed by atoms with E-state index in [9.17, 15) is 9.59 Å². The average Bonchev–Trinajstić information content (AvgIpc) is 2.69. The summed E-state index contributed by atoms with van der Waals surface area (Å²) in [7, 11) is 0. The zero-order valence-electron chi connectivity index (χ0n) is 18.2. The first-order chi connectivity index (χ1) is 13.8. The van der Waals surface area contributed by atoms with E-state index in [1.165, 1.54) is 6.42 Å². The Morgan fingerprint density at radius 2 is 1.69 bits per heavy atom. The predicted molar refractivity (Wildman–Crippen MR) is 108 cm³/mol. The van der Waals surface area contributed by atoms with Crippen LogP contribution >= 0.6 is 0 Å². The molecule has 0 aromatic heterocycles. The van der Waals surface area contributed by atoms with Crippen LogP contribution in [-0.4, -0.2) is 31.9 Å². The van der Waals surface area contributed by atoms with E-state index < -0.39 is 12.1 Å². The Bertz CT molecular complexity index is 605. The maximum Gasteiger partial charge on any atom is 0.543 e. The number of ether oxygens (including phenoxy) is 2. The Kier molecular flexibility index (Phi) is 11.3. The van der Waals surface area contributed by atoms with Gasteiger partial charge in [0.25, 0.3) is 0 Å². The third kappa shape index (κ3) is 10.3. The van der Waals surface area contributed by atoms with Crippen LogP contribution in [0.5, 0.6) is 0 Å². The number of benzene rings is 1. The third-order valence-corrected chi connectivity index (χ3v) is 4.54. The fourth-order valence-electron chi connectivity index (χ4n) is 2.59. The van der Waals surface area contributed by atoms with Crippen molar-refractivity contribution in [2.24, 2.45) is 5.92 Å². The van der Waals surface area contributed by atoms with Gasteiger partial charge in [-0.3, -0.25) is 4.89 Å². The van der Waals surface area contributed by atoms with Gasteiger partial charge in [0.2, 0.25) is 0 Å². The SMILES string of the molecule is CCCCC(CC)COCCOC(=O)OOOC(=O)c1ccc(C(C)(C)C)cc1. The molecule has 0 radical (unpaired) electrons. The Balaban J connectivity index is 2.18. The molecule has 0 saturated heterocycles. The highest BCUT2D eigenvalue weighted by molar-refractivity contribution is 5.88. The molecule has 1 rings (SSSR count). The largest absolute Gasteiger partial charge is 0.543 e. The van der Waals surface area contributed by atoms with Crippen LogP contribution in [0.2, 0.25) is 0 Å². The number of hydrogen-bond acceptors (Lipinski definition) is 7. The zero-order chi connectivity index (χ0) is 21.7. The first kappa shape index (κ1) is 24.9. The van der Waals surface area contributed by atoms with Crippen LogP contribution in [0.3, 0.4) is 0 Å². The number of carbonyl (C=O) groups excluding carboxylic acids is 2. The Labute approximate surface area is 173 Å². The highest BCUT2D eigenvalue weighted by Crippen LogP contribution is 2.22. The van der Waals surface area contributed by atoms with Crippen molar-refractivity contribution < 1.29 is 33.9 Å². The molecule has 164 valence electrons. The molecule has 0 amide bonds. The maximum absolute atomic E-state index is 11.9. The van der Waals surface area contributed by atoms with Crippen LogP contribution in [0, 0.1) is 5.92 Å². The van der Waals surface area contributed by atoms with Gasteiger partial charge in [0.05, 0.1) is 17.2 Å². The lowest BCUT2D eigenvalue weighted by molar-refractivity contribution is -0.452. The van der Waals surface area contributed by atoms with E-state index in [0.717, 1.165) is 24.8 Å². The fraction of sp³-hybridized carbons (Fsp3) is 0.636. The van der Waals surface area contributed by atoms with Crippen LogP contribution in [-0.2, 0) is 29.7 Å². The number of rotatable bonds is 12. The van der Waals surface area contributed by atoms with E-state index >= 15 is 0 Å². The van der Waals surface area contributed by atoms with Gasteiger partial charge in [0, 0.05) is 6.61 Å². The van der Waals surface area contributed by atoms with Crippen molar-refractivity contribution in [2.45, 2.75) is 65.7 Å². The van der Waals surface area contributed by atoms with Crippen LogP contribution < -0.4 is 0 Å². The lowest BCUT2D eigenvalue weighted by Crippen LogP contribution is -2.16. The summed E-state index contributed by atoms with van der Waals surface area (Å²) in [4.78, 5) is 31.9. The molecule has 0 heterocycles. The minimum absolute atomic E-state index is 0.0224. The van der Waals surface area contributed by atoms with E-state index in [1.807, 2.05) is 12.1 Å². The molecule has 0 N–H and O–H groups in total. The normalized spacial score (nSPS) is 12.3. The van der Waals surface area contributed by atoms with E-state index in [4.69, 9.17) is 9.47 Å². The summed E-state index contributed by atoms with van der Waals surface area (Å²) in [5, 5.41) is 4.20. The second-order valence-electron chi connectivity index (χ2n) is 7.94. The molecule has 0 aliphatic heterocycles. The lowest BCUT2D eigenvalue weighted by Gasteiger charge is -2.18. The van der Waals surface area contributed by atoms with Gasteiger partial charge in [-0.1, -0.05) is 66.0 Å². The van der Waals surface area contributed by atoms with Crippen LogP contribution in [0.1, 0.15) is 76.2 Å². The highest BCUT2D eigenvalue weighted by Gasteiger charge is 2.16. The Morgan fingerprint density at radius 1 is 1.00 bits per heavy atom. The molecule has 0 aliphatic carbocycles. The molecule has 29 heavy (non-hydrogen) atoms. The van der Waals surface area contributed by atoms with Gasteiger partial charge in [-0.2, -0.15) is 0 Å². The fourth-order valence-corrected chi connectivity index (χ4v) is 2.59. The number of hydrogen-bond donors (Lipinski definition) is 0. The van der Waals surface area contributed by atoms with Crippen LogP contribution in [0.15, 0.2) is 24.3 Å². The minimum Gasteiger partial charge on any atom is -0.430 e. The molecule has 1 atom stereocenters. The third-order valence-electron chi connectivity index (χ3n) is 4.54. The van der Waals surface area contributed by atoms with Gasteiger partial charge in [0.15, 0.2) is 0 Å². The lowest BCUT2D eigenvalue weighted by atomic mass is 9.87. The van der Waals surface area contributed by atoms with Crippen LogP contribution in [0.25, 0.3) is 0 Å². The monoisotopic (exact) mass is 410 g/mol. The summed E-state index contributed by atoms with van der Waals surface area (Å²) in [6.07, 6.45) is 3.43. The van der Waals surface area contributed by atoms with Gasteiger partial charge in [-0.25, -0.2) is 14.5 Å². The minimum atomic E-state index is -1.11. The standard InChI is InChI=1S/C22H34O7/c1-6-8-9-17(7-2)16-25-14-15-26-21(24)28-29-27-20(23)18-10-12-19(13-11-18)22(3,4)5/h10-13,17H,6-9,14-16H2,1-5H3. The second kappa shape index (κ2) is 13.2. The maximum atomic E-state index is 11.9. The molecule has 0 bridgehead atoms. The summed E-state index contributed by atoms with van der Waals surface area (Å²) in [6.45, 7) is 11.4. The van der Waals surface area contributed by atoms with Crippen molar-refractivity contribution in [1.82, 2.24) is 0 Å². The zero-order valence-corrected chi connectivity index (χ0v) is 18.2. The highest BCUT2D eigenvalue weighted by atomic mass is 17.5. The molecule has 0 spiro atoms. The van der Waals surface area contributed by atoms with Gasteiger partial charge >= 0.3 is 12.1 Å². The molecule has 0 saturated carbocycles. The Morgan fingerprint density at radius 3 is 2.28 bits per heavy atom. The summed E-state index contributed by atoms with van der Waals surface area (Å²) in [5.41, 5.74) is 1.33. The first-order valence-corrected chi connectivity index (χ1v) is 10.2. The second-order valence-corrected chi connectivity index (χ2v) is 7.94. The molecule has 7 nitrogen and oxygen atoms in total. The molecule has 1 aromatic rings. The average molecular weight is 411 g/mol. The van der Waals surface area contributed by atoms with Gasteiger partial charge in [0.1, 0.15) is 6.61 Å². The number of unbranched alkanes of at least 4 members (excludes halogenated alkanes) is 1. The molecule has 1 unspecified atom stereocenters. The van der Waals surface area contributed by atoms with Crippen molar-refractivity contribution in [3.63, 3.8) is 0 Å². The summed E-state index contributed by atoms with van der Waals surface area (Å²) >= 11 is 0. The molecule has 0 aliphatic rings. The molecule has 0 fully saturated rings. The van der Waals surface area contributed by atoms with Crippen LogP contribution in [0.4, 0.5) is 4.79 Å². The van der Waals surface area contributed by atoms with Crippen molar-refractivity contribution in [3.05, 3.63) is 35.4 Å².